The summed E-state index contributed by atoms with van der Waals surface area (Å²) in [6, 6.07) is 7.71. The molecular weight excluding hydrogens is 224 g/mol. The van der Waals surface area contributed by atoms with E-state index < -0.39 is 11.1 Å². The molecule has 1 aliphatic rings. The molecule has 0 spiro atoms. The summed E-state index contributed by atoms with van der Waals surface area (Å²) >= 11 is 0. The Kier molecular flexibility index (Phi) is 3.34. The highest BCUT2D eigenvalue weighted by Crippen LogP contribution is 2.13. The van der Waals surface area contributed by atoms with Crippen LogP contribution >= 0.6 is 0 Å². The number of hydrogen-bond donors (Lipinski definition) is 0. The van der Waals surface area contributed by atoms with Gasteiger partial charge in [0.2, 0.25) is 0 Å². The summed E-state index contributed by atoms with van der Waals surface area (Å²) in [7, 11) is 0. The fourth-order valence-electron chi connectivity index (χ4n) is 1.80. The molecule has 0 radical (unpaired) electrons. The number of nitro groups is 1. The highest BCUT2D eigenvalue weighted by atomic mass is 16.7. The van der Waals surface area contributed by atoms with E-state index in [-0.39, 0.29) is 25.5 Å². The minimum atomic E-state index is -0.832. The number of ether oxygens (including phenoxy) is 1. The fraction of sp³-hybridized carbons (Fsp3) is 0.364. The molecule has 0 bridgehead atoms. The molecule has 6 nitrogen and oxygen atoms in total. The van der Waals surface area contributed by atoms with E-state index in [9.17, 15) is 14.9 Å². The van der Waals surface area contributed by atoms with Gasteiger partial charge in [-0.05, 0) is 0 Å². The molecule has 0 aliphatic carbocycles. The lowest BCUT2D eigenvalue weighted by Crippen LogP contribution is -2.52. The number of hydrogen-bond acceptors (Lipinski definition) is 4. The van der Waals surface area contributed by atoms with Gasteiger partial charge in [-0.1, -0.05) is 30.3 Å². The molecule has 0 amide bonds. The number of rotatable bonds is 3. The van der Waals surface area contributed by atoms with Gasteiger partial charge in [0.25, 0.3) is 0 Å². The van der Waals surface area contributed by atoms with Gasteiger partial charge in [-0.25, -0.2) is 10.1 Å². The molecule has 0 saturated carbocycles. The van der Waals surface area contributed by atoms with Crippen molar-refractivity contribution in [1.82, 2.24) is 5.01 Å². The van der Waals surface area contributed by atoms with E-state index in [1.54, 1.807) is 30.3 Å². The minimum absolute atomic E-state index is 0.0642. The van der Waals surface area contributed by atoms with Crippen LogP contribution in [0.3, 0.4) is 0 Å². The van der Waals surface area contributed by atoms with Crippen molar-refractivity contribution in [3.63, 3.8) is 0 Å². The predicted molar refractivity (Wildman–Crippen MR) is 59.1 cm³/mol. The summed E-state index contributed by atoms with van der Waals surface area (Å²) in [6.45, 7) is 0.477. The van der Waals surface area contributed by atoms with Crippen molar-refractivity contribution in [2.45, 2.75) is 6.04 Å². The Labute approximate surface area is 97.9 Å². The summed E-state index contributed by atoms with van der Waals surface area (Å²) in [5.74, 6) is -0.276. The van der Waals surface area contributed by atoms with Crippen LogP contribution < -0.4 is 0 Å². The lowest BCUT2D eigenvalue weighted by molar-refractivity contribution is -0.665. The summed E-state index contributed by atoms with van der Waals surface area (Å²) in [5.41, 5.74) is 0.467. The van der Waals surface area contributed by atoms with Crippen LogP contribution in [0, 0.1) is 10.1 Å². The number of carbonyl (C=O) groups excluding carboxylic acids is 1. The predicted octanol–water partition coefficient (Wildman–Crippen LogP) is 0.762. The van der Waals surface area contributed by atoms with Gasteiger partial charge in [0.05, 0.1) is 13.2 Å². The molecule has 0 N–H and O–H groups in total. The molecule has 1 heterocycles. The zero-order chi connectivity index (χ0) is 12.3. The van der Waals surface area contributed by atoms with Gasteiger partial charge in [0, 0.05) is 5.56 Å². The first kappa shape index (κ1) is 11.5. The quantitative estimate of drug-likeness (QED) is 0.440. The van der Waals surface area contributed by atoms with E-state index >= 15 is 0 Å². The SMILES string of the molecule is O=C(c1ccccc1)C1COCCN1[N+](=O)[O-]. The fourth-order valence-corrected chi connectivity index (χ4v) is 1.80. The number of Topliss-reactive ketones (excluding diaryl/α,β-unsaturated/α-hetero) is 1. The molecule has 1 aromatic rings. The van der Waals surface area contributed by atoms with E-state index in [4.69, 9.17) is 4.74 Å². The summed E-state index contributed by atoms with van der Waals surface area (Å²) in [4.78, 5) is 22.9. The number of hydrazine groups is 1. The first-order chi connectivity index (χ1) is 8.20. The van der Waals surface area contributed by atoms with E-state index in [2.05, 4.69) is 0 Å². The summed E-state index contributed by atoms with van der Waals surface area (Å²) < 4.78 is 5.14. The molecule has 2 rings (SSSR count). The molecule has 17 heavy (non-hydrogen) atoms. The number of morpholine rings is 1. The second kappa shape index (κ2) is 4.92. The second-order valence-corrected chi connectivity index (χ2v) is 3.72. The highest BCUT2D eigenvalue weighted by molar-refractivity contribution is 6.00. The van der Waals surface area contributed by atoms with Crippen LogP contribution in [0.15, 0.2) is 30.3 Å². The maximum atomic E-state index is 12.1. The Morgan fingerprint density at radius 3 is 2.76 bits per heavy atom. The van der Waals surface area contributed by atoms with Crippen LogP contribution in [0.2, 0.25) is 0 Å². The maximum absolute atomic E-state index is 12.1. The topological polar surface area (TPSA) is 72.7 Å². The van der Waals surface area contributed by atoms with Crippen LogP contribution in [0.4, 0.5) is 0 Å². The molecule has 1 atom stereocenters. The normalized spacial score (nSPS) is 20.0. The third kappa shape index (κ3) is 2.42. The molecular formula is C11H12N2O4. The first-order valence-electron chi connectivity index (χ1n) is 5.28. The van der Waals surface area contributed by atoms with Crippen molar-refractivity contribution < 1.29 is 14.6 Å². The third-order valence-electron chi connectivity index (χ3n) is 2.67. The Morgan fingerprint density at radius 2 is 2.12 bits per heavy atom. The Balaban J connectivity index is 2.20. The van der Waals surface area contributed by atoms with Crippen LogP contribution in [-0.2, 0) is 4.74 Å². The first-order valence-corrected chi connectivity index (χ1v) is 5.28. The van der Waals surface area contributed by atoms with Crippen molar-refractivity contribution in [2.24, 2.45) is 0 Å². The van der Waals surface area contributed by atoms with Crippen LogP contribution in [0.25, 0.3) is 0 Å². The molecule has 1 saturated heterocycles. The molecule has 90 valence electrons. The molecule has 0 aromatic heterocycles. The van der Waals surface area contributed by atoms with Gasteiger partial charge in [0.1, 0.15) is 6.54 Å². The molecule has 1 aromatic carbocycles. The Bertz CT molecular complexity index is 421. The number of nitrogens with zero attached hydrogens (tertiary/aromatic N) is 2. The summed E-state index contributed by atoms with van der Waals surface area (Å²) in [5, 5.41) is 11.2. The van der Waals surface area contributed by atoms with Gasteiger partial charge in [-0.2, -0.15) is 0 Å². The number of ketones is 1. The lowest BCUT2D eigenvalue weighted by Gasteiger charge is -2.27. The Morgan fingerprint density at radius 1 is 1.41 bits per heavy atom. The van der Waals surface area contributed by atoms with E-state index in [1.807, 2.05) is 0 Å². The van der Waals surface area contributed by atoms with Crippen LogP contribution in [-0.4, -0.2) is 41.6 Å². The summed E-state index contributed by atoms with van der Waals surface area (Å²) in [6.07, 6.45) is 0. The highest BCUT2D eigenvalue weighted by Gasteiger charge is 2.36. The second-order valence-electron chi connectivity index (χ2n) is 3.72. The monoisotopic (exact) mass is 236 g/mol. The molecule has 1 aliphatic heterocycles. The van der Waals surface area contributed by atoms with Crippen molar-refractivity contribution in [3.8, 4) is 0 Å². The van der Waals surface area contributed by atoms with Crippen molar-refractivity contribution in [2.75, 3.05) is 19.8 Å². The average molecular weight is 236 g/mol. The smallest absolute Gasteiger partial charge is 0.193 e. The van der Waals surface area contributed by atoms with Crippen LogP contribution in [0.5, 0.6) is 0 Å². The zero-order valence-electron chi connectivity index (χ0n) is 9.11. The van der Waals surface area contributed by atoms with E-state index in [0.717, 1.165) is 5.01 Å². The van der Waals surface area contributed by atoms with Gasteiger partial charge in [-0.15, -0.1) is 5.01 Å². The average Bonchev–Trinajstić information content (AvgIpc) is 2.39. The van der Waals surface area contributed by atoms with Gasteiger partial charge in [-0.3, -0.25) is 4.79 Å². The van der Waals surface area contributed by atoms with E-state index in [1.165, 1.54) is 0 Å². The standard InChI is InChI=1S/C11H12N2O4/c14-11(9-4-2-1-3-5-9)10-8-17-7-6-12(10)13(15)16/h1-5,10H,6-8H2. The number of benzene rings is 1. The van der Waals surface area contributed by atoms with Crippen molar-refractivity contribution in [1.29, 1.82) is 0 Å². The largest absolute Gasteiger partial charge is 0.377 e. The van der Waals surface area contributed by atoms with Gasteiger partial charge < -0.3 is 4.74 Å². The van der Waals surface area contributed by atoms with Gasteiger partial charge >= 0.3 is 0 Å². The number of carbonyl (C=O) groups is 1. The van der Waals surface area contributed by atoms with E-state index in [0.29, 0.717) is 5.56 Å². The van der Waals surface area contributed by atoms with Gasteiger partial charge in [0.15, 0.2) is 16.9 Å². The third-order valence-corrected chi connectivity index (χ3v) is 2.67. The maximum Gasteiger partial charge on any atom is 0.193 e. The molecule has 1 fully saturated rings. The Hall–Kier alpha value is -1.95. The van der Waals surface area contributed by atoms with Crippen LogP contribution in [0.1, 0.15) is 10.4 Å². The minimum Gasteiger partial charge on any atom is -0.377 e. The molecule has 1 unspecified atom stereocenters. The zero-order valence-corrected chi connectivity index (χ0v) is 9.11. The lowest BCUT2D eigenvalue weighted by atomic mass is 10.0. The molecule has 6 heteroatoms. The van der Waals surface area contributed by atoms with Crippen molar-refractivity contribution >= 4 is 5.78 Å². The van der Waals surface area contributed by atoms with Crippen molar-refractivity contribution in [3.05, 3.63) is 46.0 Å².